The van der Waals surface area contributed by atoms with Gasteiger partial charge < -0.3 is 10.0 Å². The molecule has 1 N–H and O–H groups in total. The molecule has 76 valence electrons. The van der Waals surface area contributed by atoms with Crippen molar-refractivity contribution in [1.29, 1.82) is 0 Å². The van der Waals surface area contributed by atoms with Crippen molar-refractivity contribution < 1.29 is 5.11 Å². The average Bonchev–Trinajstić information content (AvgIpc) is 2.30. The van der Waals surface area contributed by atoms with E-state index in [2.05, 4.69) is 9.88 Å². The molecule has 0 bridgehead atoms. The zero-order chi connectivity index (χ0) is 9.80. The van der Waals surface area contributed by atoms with Gasteiger partial charge in [0, 0.05) is 12.7 Å². The van der Waals surface area contributed by atoms with Gasteiger partial charge in [-0.15, -0.1) is 0 Å². The summed E-state index contributed by atoms with van der Waals surface area (Å²) in [6.45, 7) is 1.25. The highest BCUT2D eigenvalue weighted by atomic mass is 16.3. The predicted molar refractivity (Wildman–Crippen MR) is 56.3 cm³/mol. The van der Waals surface area contributed by atoms with Crippen molar-refractivity contribution in [3.8, 4) is 0 Å². The van der Waals surface area contributed by atoms with Crippen LogP contribution in [-0.2, 0) is 0 Å². The third-order valence-corrected chi connectivity index (χ3v) is 2.78. The van der Waals surface area contributed by atoms with Gasteiger partial charge in [-0.2, -0.15) is 0 Å². The second kappa shape index (κ2) is 4.42. The summed E-state index contributed by atoms with van der Waals surface area (Å²) in [6.07, 6.45) is 5.30. The molecular formula is C11H16N2O. The Balaban J connectivity index is 2.15. The molecule has 1 aromatic heterocycles. The Morgan fingerprint density at radius 3 is 3.07 bits per heavy atom. The number of aliphatic hydroxyl groups is 1. The van der Waals surface area contributed by atoms with Gasteiger partial charge >= 0.3 is 0 Å². The Hall–Kier alpha value is -1.09. The van der Waals surface area contributed by atoms with Gasteiger partial charge in [0.2, 0.25) is 0 Å². The highest BCUT2D eigenvalue weighted by molar-refractivity contribution is 5.39. The number of hydrogen-bond donors (Lipinski definition) is 1. The van der Waals surface area contributed by atoms with Gasteiger partial charge in [-0.05, 0) is 31.4 Å². The van der Waals surface area contributed by atoms with E-state index in [9.17, 15) is 5.11 Å². The highest BCUT2D eigenvalue weighted by Gasteiger charge is 2.22. The Labute approximate surface area is 84.4 Å². The van der Waals surface area contributed by atoms with Crippen molar-refractivity contribution in [2.75, 3.05) is 18.1 Å². The van der Waals surface area contributed by atoms with Crippen LogP contribution < -0.4 is 4.90 Å². The SMILES string of the molecule is OC[C@@H]1CCCCN1c1ccccn1. The summed E-state index contributed by atoms with van der Waals surface area (Å²) in [6, 6.07) is 6.18. The number of hydrogen-bond acceptors (Lipinski definition) is 3. The normalized spacial score (nSPS) is 22.4. The Morgan fingerprint density at radius 2 is 2.36 bits per heavy atom. The molecule has 0 spiro atoms. The molecule has 0 amide bonds. The molecule has 0 aliphatic carbocycles. The number of aromatic nitrogens is 1. The maximum Gasteiger partial charge on any atom is 0.128 e. The summed E-state index contributed by atoms with van der Waals surface area (Å²) in [5, 5.41) is 9.25. The second-order valence-electron chi connectivity index (χ2n) is 3.71. The van der Waals surface area contributed by atoms with Gasteiger partial charge in [0.1, 0.15) is 5.82 Å². The smallest absolute Gasteiger partial charge is 0.128 e. The molecular weight excluding hydrogens is 176 g/mol. The molecule has 0 saturated carbocycles. The van der Waals surface area contributed by atoms with E-state index >= 15 is 0 Å². The Morgan fingerprint density at radius 1 is 1.43 bits per heavy atom. The third kappa shape index (κ3) is 1.87. The summed E-state index contributed by atoms with van der Waals surface area (Å²) in [7, 11) is 0. The minimum absolute atomic E-state index is 0.233. The zero-order valence-corrected chi connectivity index (χ0v) is 8.26. The third-order valence-electron chi connectivity index (χ3n) is 2.78. The molecule has 2 rings (SSSR count). The summed E-state index contributed by atoms with van der Waals surface area (Å²) >= 11 is 0. The van der Waals surface area contributed by atoms with Gasteiger partial charge in [0.15, 0.2) is 0 Å². The number of piperidine rings is 1. The van der Waals surface area contributed by atoms with E-state index in [1.54, 1.807) is 6.20 Å². The lowest BCUT2D eigenvalue weighted by molar-refractivity contribution is 0.239. The van der Waals surface area contributed by atoms with E-state index < -0.39 is 0 Å². The van der Waals surface area contributed by atoms with Gasteiger partial charge in [0.25, 0.3) is 0 Å². The second-order valence-corrected chi connectivity index (χ2v) is 3.71. The van der Waals surface area contributed by atoms with E-state index in [-0.39, 0.29) is 12.6 Å². The van der Waals surface area contributed by atoms with Crippen LogP contribution in [0, 0.1) is 0 Å². The van der Waals surface area contributed by atoms with Crippen molar-refractivity contribution in [3.05, 3.63) is 24.4 Å². The van der Waals surface area contributed by atoms with Crippen LogP contribution in [-0.4, -0.2) is 29.3 Å². The molecule has 0 radical (unpaired) electrons. The first-order valence-electron chi connectivity index (χ1n) is 5.20. The summed E-state index contributed by atoms with van der Waals surface area (Å²) in [5.74, 6) is 0.992. The number of pyridine rings is 1. The number of nitrogens with zero attached hydrogens (tertiary/aromatic N) is 2. The zero-order valence-electron chi connectivity index (χ0n) is 8.26. The summed E-state index contributed by atoms with van der Waals surface area (Å²) < 4.78 is 0. The fourth-order valence-corrected chi connectivity index (χ4v) is 2.02. The van der Waals surface area contributed by atoms with Crippen molar-refractivity contribution in [1.82, 2.24) is 4.98 Å². The molecule has 3 nitrogen and oxygen atoms in total. The lowest BCUT2D eigenvalue weighted by Crippen LogP contribution is -2.42. The molecule has 1 saturated heterocycles. The van der Waals surface area contributed by atoms with Crippen molar-refractivity contribution in [3.63, 3.8) is 0 Å². The van der Waals surface area contributed by atoms with Crippen LogP contribution >= 0.6 is 0 Å². The molecule has 14 heavy (non-hydrogen) atoms. The van der Waals surface area contributed by atoms with Crippen LogP contribution in [0.1, 0.15) is 19.3 Å². The van der Waals surface area contributed by atoms with Crippen LogP contribution in [0.25, 0.3) is 0 Å². The Kier molecular flexibility index (Phi) is 2.99. The largest absolute Gasteiger partial charge is 0.394 e. The van der Waals surface area contributed by atoms with Crippen LogP contribution in [0.5, 0.6) is 0 Å². The molecule has 1 aliphatic rings. The molecule has 1 fully saturated rings. The van der Waals surface area contributed by atoms with Gasteiger partial charge in [-0.3, -0.25) is 0 Å². The van der Waals surface area contributed by atoms with E-state index in [1.165, 1.54) is 12.8 Å². The highest BCUT2D eigenvalue weighted by Crippen LogP contribution is 2.22. The van der Waals surface area contributed by atoms with Crippen molar-refractivity contribution in [2.45, 2.75) is 25.3 Å². The van der Waals surface area contributed by atoms with Crippen molar-refractivity contribution in [2.24, 2.45) is 0 Å². The standard InChI is InChI=1S/C11H16N2O/c14-9-10-5-2-4-8-13(10)11-6-1-3-7-12-11/h1,3,6-7,10,14H,2,4-5,8-9H2/t10-/m0/s1. The molecule has 1 atom stereocenters. The van der Waals surface area contributed by atoms with Crippen molar-refractivity contribution >= 4 is 5.82 Å². The Bertz CT molecular complexity index is 276. The molecule has 1 aliphatic heterocycles. The lowest BCUT2D eigenvalue weighted by atomic mass is 10.0. The first-order valence-corrected chi connectivity index (χ1v) is 5.20. The van der Waals surface area contributed by atoms with Gasteiger partial charge in [0.05, 0.1) is 12.6 Å². The first kappa shape index (κ1) is 9.46. The maximum atomic E-state index is 9.25. The quantitative estimate of drug-likeness (QED) is 0.770. The van der Waals surface area contributed by atoms with E-state index in [4.69, 9.17) is 0 Å². The lowest BCUT2D eigenvalue weighted by Gasteiger charge is -2.35. The summed E-state index contributed by atoms with van der Waals surface area (Å²) in [5.41, 5.74) is 0. The first-order chi connectivity index (χ1) is 6.92. The average molecular weight is 192 g/mol. The topological polar surface area (TPSA) is 36.4 Å². The maximum absolute atomic E-state index is 9.25. The molecule has 2 heterocycles. The van der Waals surface area contributed by atoms with Crippen LogP contribution in [0.2, 0.25) is 0 Å². The fourth-order valence-electron chi connectivity index (χ4n) is 2.02. The number of aliphatic hydroxyl groups excluding tert-OH is 1. The molecule has 1 aromatic rings. The van der Waals surface area contributed by atoms with E-state index in [0.29, 0.717) is 0 Å². The minimum Gasteiger partial charge on any atom is -0.394 e. The van der Waals surface area contributed by atoms with E-state index in [1.807, 2.05) is 18.2 Å². The van der Waals surface area contributed by atoms with Gasteiger partial charge in [-0.1, -0.05) is 6.07 Å². The van der Waals surface area contributed by atoms with Crippen LogP contribution in [0.3, 0.4) is 0 Å². The monoisotopic (exact) mass is 192 g/mol. The summed E-state index contributed by atoms with van der Waals surface area (Å²) in [4.78, 5) is 6.53. The number of anilines is 1. The molecule has 3 heteroatoms. The molecule has 0 aromatic carbocycles. The fraction of sp³-hybridized carbons (Fsp3) is 0.545. The van der Waals surface area contributed by atoms with Gasteiger partial charge in [-0.25, -0.2) is 4.98 Å². The van der Waals surface area contributed by atoms with E-state index in [0.717, 1.165) is 18.8 Å². The van der Waals surface area contributed by atoms with Crippen LogP contribution in [0.4, 0.5) is 5.82 Å². The van der Waals surface area contributed by atoms with Crippen LogP contribution in [0.15, 0.2) is 24.4 Å². The molecule has 0 unspecified atom stereocenters. The number of rotatable bonds is 2. The predicted octanol–water partition coefficient (Wildman–Crippen LogP) is 1.43. The minimum atomic E-state index is 0.233.